The molecule has 0 aromatic heterocycles. The van der Waals surface area contributed by atoms with Gasteiger partial charge in [0.15, 0.2) is 5.79 Å². The molecule has 0 aliphatic carbocycles. The first kappa shape index (κ1) is 14.8. The Morgan fingerprint density at radius 1 is 1.40 bits per heavy atom. The van der Waals surface area contributed by atoms with E-state index in [-0.39, 0.29) is 12.5 Å². The minimum atomic E-state index is -0.813. The Balaban J connectivity index is 1.73. The smallest absolute Gasteiger partial charge is 0.307 e. The molecule has 1 aromatic rings. The van der Waals surface area contributed by atoms with Gasteiger partial charge in [0.2, 0.25) is 0 Å². The molecule has 5 heteroatoms. The van der Waals surface area contributed by atoms with E-state index < -0.39 is 11.8 Å². The van der Waals surface area contributed by atoms with Crippen molar-refractivity contribution in [3.8, 4) is 0 Å². The lowest BCUT2D eigenvalue weighted by Crippen LogP contribution is -2.22. The molecule has 5 nitrogen and oxygen atoms in total. The van der Waals surface area contributed by atoms with Gasteiger partial charge in [0.1, 0.15) is 0 Å². The van der Waals surface area contributed by atoms with Gasteiger partial charge in [-0.05, 0) is 38.0 Å². The van der Waals surface area contributed by atoms with Gasteiger partial charge in [-0.25, -0.2) is 0 Å². The second-order valence-electron chi connectivity index (χ2n) is 5.43. The van der Waals surface area contributed by atoms with E-state index in [9.17, 15) is 4.79 Å². The highest BCUT2D eigenvalue weighted by molar-refractivity contribution is 5.70. The van der Waals surface area contributed by atoms with Crippen molar-refractivity contribution in [2.45, 2.75) is 38.6 Å². The van der Waals surface area contributed by atoms with E-state index in [0.29, 0.717) is 6.61 Å². The number of hydrogen-bond donors (Lipinski definition) is 2. The fourth-order valence-corrected chi connectivity index (χ4v) is 2.20. The fraction of sp³-hybridized carbons (Fsp3) is 0.533. The average Bonchev–Trinajstić information content (AvgIpc) is 2.70. The third-order valence-electron chi connectivity index (χ3n) is 3.17. The number of hydrogen-bond acceptors (Lipinski definition) is 4. The number of rotatable bonds is 6. The van der Waals surface area contributed by atoms with Gasteiger partial charge in [-0.3, -0.25) is 4.79 Å². The van der Waals surface area contributed by atoms with Crippen LogP contribution in [0, 0.1) is 0 Å². The van der Waals surface area contributed by atoms with Crippen molar-refractivity contribution in [2.75, 3.05) is 18.5 Å². The summed E-state index contributed by atoms with van der Waals surface area (Å²) in [6.07, 6.45) is 1.06. The minimum absolute atomic E-state index is 0.0582. The number of carboxylic acids is 1. The van der Waals surface area contributed by atoms with Crippen molar-refractivity contribution in [2.24, 2.45) is 0 Å². The third kappa shape index (κ3) is 4.51. The number of ether oxygens (including phenoxy) is 2. The minimum Gasteiger partial charge on any atom is -0.481 e. The summed E-state index contributed by atoms with van der Waals surface area (Å²) in [5, 5.41) is 12.0. The van der Waals surface area contributed by atoms with Gasteiger partial charge in [-0.2, -0.15) is 0 Å². The van der Waals surface area contributed by atoms with E-state index in [1.165, 1.54) is 0 Å². The van der Waals surface area contributed by atoms with Crippen LogP contribution in [0.15, 0.2) is 24.3 Å². The quantitative estimate of drug-likeness (QED) is 0.836. The number of carboxylic acid groups (broad SMARTS) is 1. The zero-order valence-corrected chi connectivity index (χ0v) is 11.9. The molecule has 1 aromatic carbocycles. The Morgan fingerprint density at radius 2 is 2.10 bits per heavy atom. The number of nitrogens with one attached hydrogen (secondary N) is 1. The van der Waals surface area contributed by atoms with Crippen molar-refractivity contribution >= 4 is 11.7 Å². The molecular weight excluding hydrogens is 258 g/mol. The fourth-order valence-electron chi connectivity index (χ4n) is 2.20. The summed E-state index contributed by atoms with van der Waals surface area (Å²) < 4.78 is 11.2. The average molecular weight is 279 g/mol. The lowest BCUT2D eigenvalue weighted by Gasteiger charge is -2.17. The standard InChI is InChI=1S/C15H21NO4/c1-15(2)19-10-13(20-15)7-8-16-12-5-3-11(4-6-12)9-14(17)18/h3-6,13,16H,7-10H2,1-2H3,(H,17,18)/t13-/m0/s1. The molecule has 0 amide bonds. The predicted octanol–water partition coefficient (Wildman–Crippen LogP) is 2.27. The summed E-state index contributed by atoms with van der Waals surface area (Å²) in [7, 11) is 0. The molecule has 1 saturated heterocycles. The highest BCUT2D eigenvalue weighted by atomic mass is 16.7. The van der Waals surface area contributed by atoms with Crippen LogP contribution in [0.25, 0.3) is 0 Å². The molecule has 1 atom stereocenters. The number of benzene rings is 1. The number of carbonyl (C=O) groups is 1. The second-order valence-corrected chi connectivity index (χ2v) is 5.43. The lowest BCUT2D eigenvalue weighted by molar-refractivity contribution is -0.138. The summed E-state index contributed by atoms with van der Waals surface area (Å²) >= 11 is 0. The van der Waals surface area contributed by atoms with Crippen molar-refractivity contribution in [3.63, 3.8) is 0 Å². The van der Waals surface area contributed by atoms with Crippen LogP contribution in [0.3, 0.4) is 0 Å². The van der Waals surface area contributed by atoms with Gasteiger partial charge < -0.3 is 19.9 Å². The van der Waals surface area contributed by atoms with Crippen LogP contribution in [-0.4, -0.2) is 36.1 Å². The SMILES string of the molecule is CC1(C)OC[C@H](CCNc2ccc(CC(=O)O)cc2)O1. The van der Waals surface area contributed by atoms with Crippen LogP contribution in [0.1, 0.15) is 25.8 Å². The molecule has 110 valence electrons. The van der Waals surface area contributed by atoms with Gasteiger partial charge in [0.05, 0.1) is 19.1 Å². The first-order valence-corrected chi connectivity index (χ1v) is 6.81. The van der Waals surface area contributed by atoms with E-state index in [2.05, 4.69) is 5.32 Å². The van der Waals surface area contributed by atoms with Crippen LogP contribution < -0.4 is 5.32 Å². The number of aliphatic carboxylic acids is 1. The summed E-state index contributed by atoms with van der Waals surface area (Å²) in [5.41, 5.74) is 1.79. The Bertz CT molecular complexity index is 455. The molecule has 1 heterocycles. The van der Waals surface area contributed by atoms with E-state index in [4.69, 9.17) is 14.6 Å². The molecule has 0 unspecified atom stereocenters. The van der Waals surface area contributed by atoms with Gasteiger partial charge in [-0.1, -0.05) is 12.1 Å². The molecule has 0 spiro atoms. The van der Waals surface area contributed by atoms with Crippen molar-refractivity contribution in [1.82, 2.24) is 0 Å². The largest absolute Gasteiger partial charge is 0.481 e. The Labute approximate surface area is 118 Å². The molecule has 0 bridgehead atoms. The van der Waals surface area contributed by atoms with E-state index in [1.54, 1.807) is 0 Å². The molecule has 1 aliphatic heterocycles. The molecule has 1 fully saturated rings. The second kappa shape index (κ2) is 6.24. The maximum absolute atomic E-state index is 10.6. The molecule has 20 heavy (non-hydrogen) atoms. The highest BCUT2D eigenvalue weighted by Gasteiger charge is 2.31. The van der Waals surface area contributed by atoms with Crippen LogP contribution in [0.5, 0.6) is 0 Å². The summed E-state index contributed by atoms with van der Waals surface area (Å²) in [5.74, 6) is -1.28. The predicted molar refractivity (Wildman–Crippen MR) is 75.8 cm³/mol. The van der Waals surface area contributed by atoms with Crippen molar-refractivity contribution in [1.29, 1.82) is 0 Å². The zero-order chi connectivity index (χ0) is 14.6. The maximum atomic E-state index is 10.6. The normalized spacial score (nSPS) is 20.8. The van der Waals surface area contributed by atoms with Crippen molar-refractivity contribution in [3.05, 3.63) is 29.8 Å². The maximum Gasteiger partial charge on any atom is 0.307 e. The first-order valence-electron chi connectivity index (χ1n) is 6.81. The lowest BCUT2D eigenvalue weighted by atomic mass is 10.1. The van der Waals surface area contributed by atoms with Crippen molar-refractivity contribution < 1.29 is 19.4 Å². The molecule has 0 saturated carbocycles. The summed E-state index contributed by atoms with van der Waals surface area (Å²) in [4.78, 5) is 10.6. The molecular formula is C15H21NO4. The zero-order valence-electron chi connectivity index (χ0n) is 11.9. The Morgan fingerprint density at radius 3 is 2.65 bits per heavy atom. The van der Waals surface area contributed by atoms with Gasteiger partial charge in [0.25, 0.3) is 0 Å². The van der Waals surface area contributed by atoms with E-state index in [1.807, 2.05) is 38.1 Å². The van der Waals surface area contributed by atoms with E-state index >= 15 is 0 Å². The molecule has 2 N–H and O–H groups in total. The van der Waals surface area contributed by atoms with E-state index in [0.717, 1.165) is 24.2 Å². The molecule has 1 aliphatic rings. The van der Waals surface area contributed by atoms with Crippen LogP contribution in [0.4, 0.5) is 5.69 Å². The third-order valence-corrected chi connectivity index (χ3v) is 3.17. The van der Waals surface area contributed by atoms with Crippen LogP contribution in [0.2, 0.25) is 0 Å². The van der Waals surface area contributed by atoms with Gasteiger partial charge >= 0.3 is 5.97 Å². The highest BCUT2D eigenvalue weighted by Crippen LogP contribution is 2.24. The topological polar surface area (TPSA) is 67.8 Å². The molecule has 2 rings (SSSR count). The van der Waals surface area contributed by atoms with Gasteiger partial charge in [-0.15, -0.1) is 0 Å². The Kier molecular flexibility index (Phi) is 4.62. The monoisotopic (exact) mass is 279 g/mol. The summed E-state index contributed by atoms with van der Waals surface area (Å²) in [6, 6.07) is 7.45. The Hall–Kier alpha value is -1.59. The summed E-state index contributed by atoms with van der Waals surface area (Å²) in [6.45, 7) is 5.26. The van der Waals surface area contributed by atoms with Gasteiger partial charge in [0, 0.05) is 12.2 Å². The van der Waals surface area contributed by atoms with Crippen LogP contribution in [-0.2, 0) is 20.7 Å². The molecule has 0 radical (unpaired) electrons. The van der Waals surface area contributed by atoms with Crippen LogP contribution >= 0.6 is 0 Å². The number of anilines is 1. The first-order chi connectivity index (χ1) is 9.44.